The lowest BCUT2D eigenvalue weighted by atomic mass is 9.87. The first-order chi connectivity index (χ1) is 9.06. The molecular weight excluding hydrogens is 313 g/mol. The predicted octanol–water partition coefficient (Wildman–Crippen LogP) is 4.13. The van der Waals surface area contributed by atoms with Crippen LogP contribution in [0.4, 0.5) is 4.39 Å². The number of halogens is 2. The van der Waals surface area contributed by atoms with Gasteiger partial charge >= 0.3 is 0 Å². The summed E-state index contributed by atoms with van der Waals surface area (Å²) in [6, 6.07) is 9.04. The minimum absolute atomic E-state index is 0.0582. The van der Waals surface area contributed by atoms with Crippen molar-refractivity contribution >= 4 is 21.5 Å². The number of hydrogen-bond donors (Lipinski definition) is 0. The monoisotopic (exact) mass is 325 g/mol. The molecule has 0 spiro atoms. The highest BCUT2D eigenvalue weighted by atomic mass is 79.9. The summed E-state index contributed by atoms with van der Waals surface area (Å²) in [7, 11) is 0. The third-order valence-electron chi connectivity index (χ3n) is 3.14. The van der Waals surface area contributed by atoms with E-state index in [0.29, 0.717) is 10.9 Å². The van der Waals surface area contributed by atoms with E-state index in [9.17, 15) is 14.5 Å². The van der Waals surface area contributed by atoms with Crippen LogP contribution in [0.2, 0.25) is 0 Å². The molecule has 0 bridgehead atoms. The van der Waals surface area contributed by atoms with Crippen molar-refractivity contribution in [3.63, 3.8) is 0 Å². The Bertz CT molecular complexity index is 542. The maximum absolute atomic E-state index is 14.4. The van der Waals surface area contributed by atoms with Gasteiger partial charge in [0, 0.05) is 5.33 Å². The molecule has 1 aliphatic rings. The number of rotatable bonds is 4. The second-order valence-corrected chi connectivity index (χ2v) is 5.26. The van der Waals surface area contributed by atoms with Gasteiger partial charge in [-0.2, -0.15) is 0 Å². The molecule has 100 valence electrons. The highest BCUT2D eigenvalue weighted by Crippen LogP contribution is 2.37. The van der Waals surface area contributed by atoms with E-state index in [-0.39, 0.29) is 18.5 Å². The maximum Gasteiger partial charge on any atom is 0.257 e. The molecule has 0 radical (unpaired) electrons. The Hall–Kier alpha value is -1.49. The molecule has 5 heteroatoms. The van der Waals surface area contributed by atoms with Gasteiger partial charge in [-0.25, -0.2) is 4.39 Å². The van der Waals surface area contributed by atoms with E-state index in [4.69, 9.17) is 0 Å². The van der Waals surface area contributed by atoms with Crippen LogP contribution >= 0.6 is 15.9 Å². The van der Waals surface area contributed by atoms with E-state index in [0.717, 1.165) is 5.56 Å². The summed E-state index contributed by atoms with van der Waals surface area (Å²) in [5, 5.41) is 11.6. The Morgan fingerprint density at radius 1 is 1.37 bits per heavy atom. The van der Waals surface area contributed by atoms with Crippen molar-refractivity contribution in [1.29, 1.82) is 0 Å². The van der Waals surface area contributed by atoms with Crippen LogP contribution < -0.4 is 0 Å². The Morgan fingerprint density at radius 2 is 2.05 bits per heavy atom. The maximum atomic E-state index is 14.4. The molecule has 0 fully saturated rings. The number of benzene rings is 1. The van der Waals surface area contributed by atoms with Gasteiger partial charge in [-0.05, 0) is 24.1 Å². The summed E-state index contributed by atoms with van der Waals surface area (Å²) in [6.45, 7) is 0. The van der Waals surface area contributed by atoms with Crippen molar-refractivity contribution < 1.29 is 9.31 Å². The fourth-order valence-corrected chi connectivity index (χ4v) is 2.79. The summed E-state index contributed by atoms with van der Waals surface area (Å²) < 4.78 is 14.4. The van der Waals surface area contributed by atoms with Crippen molar-refractivity contribution in [2.75, 3.05) is 5.33 Å². The zero-order valence-corrected chi connectivity index (χ0v) is 11.8. The summed E-state index contributed by atoms with van der Waals surface area (Å²) in [5.74, 6) is 0. The number of allylic oxidation sites excluding steroid dienone is 4. The molecule has 0 aliphatic heterocycles. The Kier molecular flexibility index (Phi) is 4.14. The van der Waals surface area contributed by atoms with E-state index in [1.165, 1.54) is 12.2 Å². The van der Waals surface area contributed by atoms with Crippen LogP contribution in [-0.4, -0.2) is 15.9 Å². The minimum atomic E-state index is -1.63. The zero-order chi connectivity index (χ0) is 13.9. The van der Waals surface area contributed by atoms with Gasteiger partial charge in [0.15, 0.2) is 0 Å². The van der Waals surface area contributed by atoms with Crippen molar-refractivity contribution in [2.45, 2.75) is 18.5 Å². The molecule has 1 aromatic carbocycles. The number of nitro groups is 1. The van der Waals surface area contributed by atoms with Crippen LogP contribution in [0.15, 0.2) is 48.2 Å². The van der Waals surface area contributed by atoms with Gasteiger partial charge in [0.25, 0.3) is 5.70 Å². The van der Waals surface area contributed by atoms with Crippen LogP contribution in [0.5, 0.6) is 0 Å². The molecule has 0 saturated heterocycles. The summed E-state index contributed by atoms with van der Waals surface area (Å²) in [4.78, 5) is 10.7. The third-order valence-corrected chi connectivity index (χ3v) is 3.53. The normalized spacial score (nSPS) is 22.6. The van der Waals surface area contributed by atoms with Gasteiger partial charge in [0.05, 0.1) is 16.9 Å². The van der Waals surface area contributed by atoms with Gasteiger partial charge in [-0.3, -0.25) is 10.1 Å². The van der Waals surface area contributed by atoms with E-state index >= 15 is 0 Å². The third kappa shape index (κ3) is 3.10. The quantitative estimate of drug-likeness (QED) is 0.474. The molecule has 0 aromatic heterocycles. The molecule has 0 heterocycles. The molecule has 1 aromatic rings. The van der Waals surface area contributed by atoms with Crippen LogP contribution in [0.1, 0.15) is 18.4 Å². The predicted molar refractivity (Wildman–Crippen MR) is 76.4 cm³/mol. The molecule has 1 aliphatic carbocycles. The molecule has 1 unspecified atom stereocenters. The Balaban J connectivity index is 2.42. The van der Waals surface area contributed by atoms with Gasteiger partial charge in [-0.15, -0.1) is 0 Å². The lowest BCUT2D eigenvalue weighted by Crippen LogP contribution is -2.26. The summed E-state index contributed by atoms with van der Waals surface area (Å²) in [6.07, 6.45) is 3.00. The Morgan fingerprint density at radius 3 is 2.63 bits per heavy atom. The Labute approximate surface area is 119 Å². The van der Waals surface area contributed by atoms with E-state index in [2.05, 4.69) is 15.9 Å². The van der Waals surface area contributed by atoms with Crippen molar-refractivity contribution in [2.24, 2.45) is 0 Å². The zero-order valence-electron chi connectivity index (χ0n) is 10.2. The first-order valence-electron chi connectivity index (χ1n) is 5.93. The van der Waals surface area contributed by atoms with Crippen LogP contribution in [-0.2, 0) is 0 Å². The first-order valence-corrected chi connectivity index (χ1v) is 7.05. The lowest BCUT2D eigenvalue weighted by Gasteiger charge is -2.23. The van der Waals surface area contributed by atoms with Gasteiger partial charge in [-0.1, -0.05) is 46.3 Å². The van der Waals surface area contributed by atoms with Gasteiger partial charge in [0.1, 0.15) is 5.67 Å². The molecule has 1 atom stereocenters. The van der Waals surface area contributed by atoms with Crippen LogP contribution in [0.25, 0.3) is 5.57 Å². The molecule has 3 nitrogen and oxygen atoms in total. The average Bonchev–Trinajstić information content (AvgIpc) is 2.39. The molecule has 0 N–H and O–H groups in total. The van der Waals surface area contributed by atoms with Crippen molar-refractivity contribution in [3.05, 3.63) is 63.9 Å². The van der Waals surface area contributed by atoms with E-state index < -0.39 is 10.6 Å². The van der Waals surface area contributed by atoms with Crippen molar-refractivity contribution in [3.8, 4) is 0 Å². The molecule has 0 amide bonds. The lowest BCUT2D eigenvalue weighted by molar-refractivity contribution is -0.428. The SMILES string of the molecule is O=[N+]([O-])C1=C(c2ccccc2)C=CC(F)(CCBr)C1. The topological polar surface area (TPSA) is 43.1 Å². The average molecular weight is 326 g/mol. The highest BCUT2D eigenvalue weighted by Gasteiger charge is 2.37. The van der Waals surface area contributed by atoms with E-state index in [1.54, 1.807) is 12.1 Å². The first kappa shape index (κ1) is 13.9. The second kappa shape index (κ2) is 5.65. The van der Waals surface area contributed by atoms with Crippen molar-refractivity contribution in [1.82, 2.24) is 0 Å². The molecule has 19 heavy (non-hydrogen) atoms. The molecule has 0 saturated carbocycles. The standard InChI is InChI=1S/C14H13BrFNO2/c15-9-8-14(16)7-6-12(13(10-14)17(18)19)11-4-2-1-3-5-11/h1-7H,8-10H2. The fourth-order valence-electron chi connectivity index (χ4n) is 2.13. The summed E-state index contributed by atoms with van der Waals surface area (Å²) >= 11 is 3.18. The smallest absolute Gasteiger partial charge is 0.257 e. The van der Waals surface area contributed by atoms with Crippen LogP contribution in [0, 0.1) is 10.1 Å². The molecular formula is C14H13BrFNO2. The fraction of sp³-hybridized carbons (Fsp3) is 0.286. The number of hydrogen-bond acceptors (Lipinski definition) is 2. The van der Waals surface area contributed by atoms with Crippen LogP contribution in [0.3, 0.4) is 0 Å². The van der Waals surface area contributed by atoms with Gasteiger partial charge in [0.2, 0.25) is 0 Å². The summed E-state index contributed by atoms with van der Waals surface area (Å²) in [5.41, 5.74) is -0.457. The second-order valence-electron chi connectivity index (χ2n) is 4.47. The molecule has 2 rings (SSSR count). The number of nitrogens with zero attached hydrogens (tertiary/aromatic N) is 1. The van der Waals surface area contributed by atoms with E-state index in [1.807, 2.05) is 18.2 Å². The number of alkyl halides is 2. The largest absolute Gasteiger partial charge is 0.259 e. The van der Waals surface area contributed by atoms with Gasteiger partial charge < -0.3 is 0 Å². The highest BCUT2D eigenvalue weighted by molar-refractivity contribution is 9.09. The minimum Gasteiger partial charge on any atom is -0.259 e.